The zero-order valence-electron chi connectivity index (χ0n) is 13.3. The maximum Gasteiger partial charge on any atom is 0.251 e. The van der Waals surface area contributed by atoms with Crippen LogP contribution >= 0.6 is 0 Å². The SMILES string of the molecule is C=CCOc1ccc(C(=O)NC2CCCCCC2)cc1OC. The number of nitrogens with one attached hydrogen (secondary N) is 1. The largest absolute Gasteiger partial charge is 0.493 e. The molecular weight excluding hydrogens is 278 g/mol. The van der Waals surface area contributed by atoms with Crippen LogP contribution in [0.15, 0.2) is 30.9 Å². The number of methoxy groups -OCH3 is 1. The molecule has 2 rings (SSSR count). The van der Waals surface area contributed by atoms with Gasteiger partial charge in [0.25, 0.3) is 5.91 Å². The van der Waals surface area contributed by atoms with Crippen LogP contribution in [-0.4, -0.2) is 25.7 Å². The second kappa shape index (κ2) is 8.47. The minimum Gasteiger partial charge on any atom is -0.493 e. The minimum absolute atomic E-state index is 0.0412. The summed E-state index contributed by atoms with van der Waals surface area (Å²) in [5, 5.41) is 3.14. The van der Waals surface area contributed by atoms with Crippen LogP contribution in [-0.2, 0) is 0 Å². The standard InChI is InChI=1S/C18H25NO3/c1-3-12-22-16-11-10-14(13-17(16)21-2)18(20)19-15-8-6-4-5-7-9-15/h3,10-11,13,15H,1,4-9,12H2,2H3,(H,19,20). The van der Waals surface area contributed by atoms with Crippen LogP contribution in [0.2, 0.25) is 0 Å². The lowest BCUT2D eigenvalue weighted by molar-refractivity contribution is 0.0933. The van der Waals surface area contributed by atoms with Gasteiger partial charge in [-0.25, -0.2) is 0 Å². The predicted molar refractivity (Wildman–Crippen MR) is 87.6 cm³/mol. The monoisotopic (exact) mass is 303 g/mol. The van der Waals surface area contributed by atoms with Crippen molar-refractivity contribution in [3.8, 4) is 11.5 Å². The topological polar surface area (TPSA) is 47.6 Å². The van der Waals surface area contributed by atoms with E-state index in [-0.39, 0.29) is 11.9 Å². The Labute approximate surface area is 132 Å². The number of rotatable bonds is 6. The summed E-state index contributed by atoms with van der Waals surface area (Å²) in [6.07, 6.45) is 8.76. The Morgan fingerprint density at radius 3 is 2.64 bits per heavy atom. The van der Waals surface area contributed by atoms with Gasteiger partial charge in [-0.05, 0) is 31.0 Å². The molecule has 0 saturated heterocycles. The van der Waals surface area contributed by atoms with Crippen molar-refractivity contribution in [2.75, 3.05) is 13.7 Å². The summed E-state index contributed by atoms with van der Waals surface area (Å²) in [5.74, 6) is 1.14. The molecule has 0 aromatic heterocycles. The Balaban J connectivity index is 2.03. The Kier molecular flexibility index (Phi) is 6.31. The average Bonchev–Trinajstić information content (AvgIpc) is 2.81. The van der Waals surface area contributed by atoms with Gasteiger partial charge >= 0.3 is 0 Å². The fourth-order valence-electron chi connectivity index (χ4n) is 2.77. The normalized spacial score (nSPS) is 15.7. The quantitative estimate of drug-likeness (QED) is 0.643. The van der Waals surface area contributed by atoms with Crippen molar-refractivity contribution in [3.63, 3.8) is 0 Å². The Bertz CT molecular complexity index is 505. The van der Waals surface area contributed by atoms with E-state index in [9.17, 15) is 4.79 Å². The number of carbonyl (C=O) groups is 1. The van der Waals surface area contributed by atoms with Gasteiger partial charge in [-0.2, -0.15) is 0 Å². The molecule has 1 N–H and O–H groups in total. The number of ether oxygens (including phenoxy) is 2. The van der Waals surface area contributed by atoms with E-state index in [1.165, 1.54) is 25.7 Å². The lowest BCUT2D eigenvalue weighted by Gasteiger charge is -2.17. The first-order chi connectivity index (χ1) is 10.7. The van der Waals surface area contributed by atoms with Crippen molar-refractivity contribution in [1.29, 1.82) is 0 Å². The molecule has 0 unspecified atom stereocenters. The highest BCUT2D eigenvalue weighted by Gasteiger charge is 2.17. The van der Waals surface area contributed by atoms with Crippen molar-refractivity contribution in [3.05, 3.63) is 36.4 Å². The predicted octanol–water partition coefficient (Wildman–Crippen LogP) is 3.71. The molecule has 1 amide bonds. The van der Waals surface area contributed by atoms with Crippen LogP contribution in [0.3, 0.4) is 0 Å². The lowest BCUT2D eigenvalue weighted by Crippen LogP contribution is -2.34. The van der Waals surface area contributed by atoms with E-state index in [2.05, 4.69) is 11.9 Å². The number of amides is 1. The molecule has 120 valence electrons. The lowest BCUT2D eigenvalue weighted by atomic mass is 10.1. The third kappa shape index (κ3) is 4.52. The molecule has 1 aliphatic carbocycles. The van der Waals surface area contributed by atoms with Gasteiger partial charge in [0.05, 0.1) is 7.11 Å². The molecule has 4 heteroatoms. The van der Waals surface area contributed by atoms with Crippen molar-refractivity contribution in [2.45, 2.75) is 44.6 Å². The van der Waals surface area contributed by atoms with Gasteiger partial charge in [0.2, 0.25) is 0 Å². The Hall–Kier alpha value is -1.97. The van der Waals surface area contributed by atoms with Gasteiger partial charge in [0.15, 0.2) is 11.5 Å². The first kappa shape index (κ1) is 16.4. The van der Waals surface area contributed by atoms with Crippen molar-refractivity contribution in [1.82, 2.24) is 5.32 Å². The zero-order chi connectivity index (χ0) is 15.8. The first-order valence-electron chi connectivity index (χ1n) is 7.97. The van der Waals surface area contributed by atoms with Crippen LogP contribution in [0.1, 0.15) is 48.9 Å². The molecule has 1 aromatic carbocycles. The van der Waals surface area contributed by atoms with Crippen LogP contribution in [0.4, 0.5) is 0 Å². The summed E-state index contributed by atoms with van der Waals surface area (Å²) in [6, 6.07) is 5.56. The van der Waals surface area contributed by atoms with E-state index in [4.69, 9.17) is 9.47 Å². The summed E-state index contributed by atoms with van der Waals surface area (Å²) < 4.78 is 10.8. The second-order valence-corrected chi connectivity index (χ2v) is 5.63. The summed E-state index contributed by atoms with van der Waals surface area (Å²) in [4.78, 5) is 12.4. The van der Waals surface area contributed by atoms with Crippen molar-refractivity contribution < 1.29 is 14.3 Å². The average molecular weight is 303 g/mol. The van der Waals surface area contributed by atoms with Crippen LogP contribution < -0.4 is 14.8 Å². The fraction of sp³-hybridized carbons (Fsp3) is 0.500. The van der Waals surface area contributed by atoms with E-state index >= 15 is 0 Å². The smallest absolute Gasteiger partial charge is 0.251 e. The molecule has 0 aliphatic heterocycles. The van der Waals surface area contributed by atoms with Crippen molar-refractivity contribution in [2.24, 2.45) is 0 Å². The molecule has 22 heavy (non-hydrogen) atoms. The van der Waals surface area contributed by atoms with E-state index in [1.54, 1.807) is 31.4 Å². The Morgan fingerprint density at radius 2 is 2.00 bits per heavy atom. The van der Waals surface area contributed by atoms with E-state index < -0.39 is 0 Å². The second-order valence-electron chi connectivity index (χ2n) is 5.63. The number of benzene rings is 1. The van der Waals surface area contributed by atoms with Gasteiger partial charge in [0, 0.05) is 11.6 Å². The highest BCUT2D eigenvalue weighted by atomic mass is 16.5. The molecule has 1 aliphatic rings. The molecule has 4 nitrogen and oxygen atoms in total. The van der Waals surface area contributed by atoms with Crippen molar-refractivity contribution >= 4 is 5.91 Å². The van der Waals surface area contributed by atoms with Crippen LogP contribution in [0.25, 0.3) is 0 Å². The van der Waals surface area contributed by atoms with Gasteiger partial charge < -0.3 is 14.8 Å². The number of hydrogen-bond donors (Lipinski definition) is 1. The third-order valence-corrected chi connectivity index (χ3v) is 3.97. The number of hydrogen-bond acceptors (Lipinski definition) is 3. The molecule has 0 radical (unpaired) electrons. The summed E-state index contributed by atoms with van der Waals surface area (Å²) >= 11 is 0. The summed E-state index contributed by atoms with van der Waals surface area (Å²) in [7, 11) is 1.57. The number of carbonyl (C=O) groups excluding carboxylic acids is 1. The molecule has 1 fully saturated rings. The zero-order valence-corrected chi connectivity index (χ0v) is 13.3. The maximum atomic E-state index is 12.4. The highest BCUT2D eigenvalue weighted by molar-refractivity contribution is 5.95. The van der Waals surface area contributed by atoms with Gasteiger partial charge in [0.1, 0.15) is 6.61 Å². The maximum absolute atomic E-state index is 12.4. The highest BCUT2D eigenvalue weighted by Crippen LogP contribution is 2.28. The Morgan fingerprint density at radius 1 is 1.27 bits per heavy atom. The van der Waals surface area contributed by atoms with E-state index in [0.29, 0.717) is 23.7 Å². The molecule has 1 aromatic rings. The van der Waals surface area contributed by atoms with E-state index in [0.717, 1.165) is 12.8 Å². The molecule has 0 bridgehead atoms. The summed E-state index contributed by atoms with van der Waals surface area (Å²) in [5.41, 5.74) is 0.604. The van der Waals surface area contributed by atoms with E-state index in [1.807, 2.05) is 0 Å². The van der Waals surface area contributed by atoms with Gasteiger partial charge in [-0.1, -0.05) is 38.3 Å². The van der Waals surface area contributed by atoms with Crippen LogP contribution in [0.5, 0.6) is 11.5 Å². The molecule has 0 spiro atoms. The minimum atomic E-state index is -0.0412. The molecule has 0 heterocycles. The molecule has 0 atom stereocenters. The first-order valence-corrected chi connectivity index (χ1v) is 7.97. The molecular formula is C18H25NO3. The molecule has 1 saturated carbocycles. The third-order valence-electron chi connectivity index (χ3n) is 3.97. The fourth-order valence-corrected chi connectivity index (χ4v) is 2.77. The summed E-state index contributed by atoms with van der Waals surface area (Å²) in [6.45, 7) is 4.03. The van der Waals surface area contributed by atoms with Gasteiger partial charge in [-0.3, -0.25) is 4.79 Å². The van der Waals surface area contributed by atoms with Crippen LogP contribution in [0, 0.1) is 0 Å². The van der Waals surface area contributed by atoms with Gasteiger partial charge in [-0.15, -0.1) is 0 Å².